The van der Waals surface area contributed by atoms with E-state index in [2.05, 4.69) is 20.9 Å². The highest BCUT2D eigenvalue weighted by molar-refractivity contribution is 9.10. The number of methoxy groups -OCH3 is 1. The first-order valence-corrected chi connectivity index (χ1v) is 6.14. The predicted octanol–water partition coefficient (Wildman–Crippen LogP) is 2.46. The van der Waals surface area contributed by atoms with Gasteiger partial charge in [0, 0.05) is 25.2 Å². The topological polar surface area (TPSA) is 44.1 Å². The standard InChI is InChI=1S/C11H10BrClN2O2/c1-17-3-2-15-9-5-10(13)14-6-7(9)4-8(12)11(15)16/h4-6H,2-3H2,1H3. The first kappa shape index (κ1) is 12.5. The maximum absolute atomic E-state index is 12.0. The van der Waals surface area contributed by atoms with Crippen molar-refractivity contribution < 1.29 is 4.74 Å². The number of hydrogen-bond acceptors (Lipinski definition) is 3. The molecule has 4 nitrogen and oxygen atoms in total. The van der Waals surface area contributed by atoms with Crippen LogP contribution in [0.5, 0.6) is 0 Å². The summed E-state index contributed by atoms with van der Waals surface area (Å²) in [6.45, 7) is 0.941. The molecule has 0 fully saturated rings. The highest BCUT2D eigenvalue weighted by Crippen LogP contribution is 2.18. The van der Waals surface area contributed by atoms with Crippen LogP contribution in [0.1, 0.15) is 0 Å². The molecule has 6 heteroatoms. The zero-order valence-corrected chi connectivity index (χ0v) is 11.5. The molecule has 90 valence electrons. The molecule has 2 heterocycles. The fraction of sp³-hybridized carbons (Fsp3) is 0.273. The van der Waals surface area contributed by atoms with Crippen LogP contribution in [0, 0.1) is 0 Å². The van der Waals surface area contributed by atoms with E-state index in [1.165, 1.54) is 0 Å². The van der Waals surface area contributed by atoms with Crippen LogP contribution in [0.15, 0.2) is 27.6 Å². The quantitative estimate of drug-likeness (QED) is 0.817. The molecule has 2 aromatic rings. The Morgan fingerprint density at radius 3 is 3.00 bits per heavy atom. The molecule has 0 radical (unpaired) electrons. The van der Waals surface area contributed by atoms with Gasteiger partial charge in [0.25, 0.3) is 5.56 Å². The number of pyridine rings is 2. The number of aromatic nitrogens is 2. The monoisotopic (exact) mass is 316 g/mol. The van der Waals surface area contributed by atoms with Gasteiger partial charge in [-0.15, -0.1) is 0 Å². The van der Waals surface area contributed by atoms with Gasteiger partial charge in [0.2, 0.25) is 0 Å². The van der Waals surface area contributed by atoms with Crippen LogP contribution in [0.2, 0.25) is 5.15 Å². The van der Waals surface area contributed by atoms with Crippen molar-refractivity contribution in [3.05, 3.63) is 38.3 Å². The molecular formula is C11H10BrClN2O2. The number of rotatable bonds is 3. The summed E-state index contributed by atoms with van der Waals surface area (Å²) < 4.78 is 7.12. The molecule has 0 amide bonds. The Balaban J connectivity index is 2.71. The van der Waals surface area contributed by atoms with Gasteiger partial charge in [-0.3, -0.25) is 4.79 Å². The Hall–Kier alpha value is -0.910. The summed E-state index contributed by atoms with van der Waals surface area (Å²) >= 11 is 9.09. The molecule has 0 spiro atoms. The fourth-order valence-electron chi connectivity index (χ4n) is 1.62. The van der Waals surface area contributed by atoms with Gasteiger partial charge in [0.15, 0.2) is 0 Å². The summed E-state index contributed by atoms with van der Waals surface area (Å²) in [4.78, 5) is 16.0. The second-order valence-corrected chi connectivity index (χ2v) is 4.75. The van der Waals surface area contributed by atoms with E-state index in [1.54, 1.807) is 30.0 Å². The Labute approximate surface area is 111 Å². The average Bonchev–Trinajstić information content (AvgIpc) is 2.31. The summed E-state index contributed by atoms with van der Waals surface area (Å²) in [7, 11) is 1.60. The predicted molar refractivity (Wildman–Crippen MR) is 70.6 cm³/mol. The first-order chi connectivity index (χ1) is 8.13. The Morgan fingerprint density at radius 1 is 1.53 bits per heavy atom. The van der Waals surface area contributed by atoms with Crippen LogP contribution in [0.3, 0.4) is 0 Å². The van der Waals surface area contributed by atoms with Crippen molar-refractivity contribution in [1.82, 2.24) is 9.55 Å². The maximum atomic E-state index is 12.0. The van der Waals surface area contributed by atoms with Crippen molar-refractivity contribution in [1.29, 1.82) is 0 Å². The Kier molecular flexibility index (Phi) is 3.81. The summed E-state index contributed by atoms with van der Waals surface area (Å²) in [5.41, 5.74) is 0.659. The largest absolute Gasteiger partial charge is 0.383 e. The van der Waals surface area contributed by atoms with Crippen LogP contribution in [0.4, 0.5) is 0 Å². The molecule has 0 saturated carbocycles. The third-order valence-corrected chi connectivity index (χ3v) is 3.19. The van der Waals surface area contributed by atoms with E-state index < -0.39 is 0 Å². The highest BCUT2D eigenvalue weighted by atomic mass is 79.9. The lowest BCUT2D eigenvalue weighted by molar-refractivity contribution is 0.187. The van der Waals surface area contributed by atoms with Crippen LogP contribution >= 0.6 is 27.5 Å². The van der Waals surface area contributed by atoms with Crippen LogP contribution in [-0.2, 0) is 11.3 Å². The molecule has 0 aliphatic carbocycles. The second kappa shape index (κ2) is 5.16. The zero-order chi connectivity index (χ0) is 12.4. The minimum atomic E-state index is -0.100. The van der Waals surface area contributed by atoms with Gasteiger partial charge in [-0.25, -0.2) is 4.98 Å². The molecule has 0 bridgehead atoms. The van der Waals surface area contributed by atoms with E-state index in [1.807, 2.05) is 0 Å². The van der Waals surface area contributed by atoms with Crippen molar-refractivity contribution in [2.45, 2.75) is 6.54 Å². The number of hydrogen-bond donors (Lipinski definition) is 0. The highest BCUT2D eigenvalue weighted by Gasteiger charge is 2.08. The minimum Gasteiger partial charge on any atom is -0.383 e. The van der Waals surface area contributed by atoms with Crippen molar-refractivity contribution >= 4 is 38.4 Å². The van der Waals surface area contributed by atoms with E-state index in [-0.39, 0.29) is 5.56 Å². The van der Waals surface area contributed by atoms with Gasteiger partial charge in [-0.2, -0.15) is 0 Å². The molecule has 2 rings (SSSR count). The van der Waals surface area contributed by atoms with E-state index in [0.717, 1.165) is 10.9 Å². The number of ether oxygens (including phenoxy) is 1. The normalized spacial score (nSPS) is 11.0. The summed E-state index contributed by atoms with van der Waals surface area (Å²) in [6, 6.07) is 3.42. The lowest BCUT2D eigenvalue weighted by atomic mass is 10.2. The molecule has 2 aromatic heterocycles. The van der Waals surface area contributed by atoms with Gasteiger partial charge < -0.3 is 9.30 Å². The van der Waals surface area contributed by atoms with Gasteiger partial charge in [-0.1, -0.05) is 11.6 Å². The fourth-order valence-corrected chi connectivity index (χ4v) is 2.23. The molecular weight excluding hydrogens is 307 g/mol. The smallest absolute Gasteiger partial charge is 0.265 e. The van der Waals surface area contributed by atoms with Gasteiger partial charge >= 0.3 is 0 Å². The molecule has 0 aliphatic rings. The summed E-state index contributed by atoms with van der Waals surface area (Å²) in [5, 5.41) is 1.22. The van der Waals surface area contributed by atoms with Crippen molar-refractivity contribution in [2.24, 2.45) is 0 Å². The molecule has 17 heavy (non-hydrogen) atoms. The van der Waals surface area contributed by atoms with Gasteiger partial charge in [0.1, 0.15) is 5.15 Å². The minimum absolute atomic E-state index is 0.100. The lowest BCUT2D eigenvalue weighted by Gasteiger charge is -2.10. The SMILES string of the molecule is COCCn1c(=O)c(Br)cc2cnc(Cl)cc21. The van der Waals surface area contributed by atoms with Crippen molar-refractivity contribution in [3.8, 4) is 0 Å². The van der Waals surface area contributed by atoms with Crippen molar-refractivity contribution in [3.63, 3.8) is 0 Å². The molecule has 0 saturated heterocycles. The third-order valence-electron chi connectivity index (χ3n) is 2.42. The van der Waals surface area contributed by atoms with Gasteiger partial charge in [-0.05, 0) is 28.1 Å². The molecule has 0 atom stereocenters. The van der Waals surface area contributed by atoms with Crippen LogP contribution in [0.25, 0.3) is 10.9 Å². The summed E-state index contributed by atoms with van der Waals surface area (Å²) in [6.07, 6.45) is 1.64. The molecule has 0 aliphatic heterocycles. The Bertz CT molecular complexity index is 612. The molecule has 0 N–H and O–H groups in total. The average molecular weight is 318 g/mol. The first-order valence-electron chi connectivity index (χ1n) is 4.97. The number of halogens is 2. The lowest BCUT2D eigenvalue weighted by Crippen LogP contribution is -2.23. The van der Waals surface area contributed by atoms with Gasteiger partial charge in [0.05, 0.1) is 16.6 Å². The third kappa shape index (κ3) is 2.51. The maximum Gasteiger partial charge on any atom is 0.265 e. The number of fused-ring (bicyclic) bond motifs is 1. The Morgan fingerprint density at radius 2 is 2.29 bits per heavy atom. The molecule has 0 aromatic carbocycles. The van der Waals surface area contributed by atoms with Crippen LogP contribution < -0.4 is 5.56 Å². The van der Waals surface area contributed by atoms with E-state index in [4.69, 9.17) is 16.3 Å². The second-order valence-electron chi connectivity index (χ2n) is 3.51. The van der Waals surface area contributed by atoms with E-state index >= 15 is 0 Å². The molecule has 0 unspecified atom stereocenters. The van der Waals surface area contributed by atoms with Crippen LogP contribution in [-0.4, -0.2) is 23.3 Å². The zero-order valence-electron chi connectivity index (χ0n) is 9.11. The van der Waals surface area contributed by atoms with E-state index in [0.29, 0.717) is 22.8 Å². The number of nitrogens with zero attached hydrogens (tertiary/aromatic N) is 2. The van der Waals surface area contributed by atoms with E-state index in [9.17, 15) is 4.79 Å². The summed E-state index contributed by atoms with van der Waals surface area (Å²) in [5.74, 6) is 0. The van der Waals surface area contributed by atoms with Crippen molar-refractivity contribution in [2.75, 3.05) is 13.7 Å².